The van der Waals surface area contributed by atoms with E-state index < -0.39 is 0 Å². The number of allylic oxidation sites excluding steroid dienone is 1. The highest BCUT2D eigenvalue weighted by Gasteiger charge is 2.47. The molecule has 3 aliphatic rings. The summed E-state index contributed by atoms with van der Waals surface area (Å²) in [5.74, 6) is 1.59. The van der Waals surface area contributed by atoms with Gasteiger partial charge in [0.15, 0.2) is 0 Å². The minimum absolute atomic E-state index is 0.418. The number of hydrogen-bond donors (Lipinski definition) is 0. The molecule has 2 fully saturated rings. The van der Waals surface area contributed by atoms with E-state index in [4.69, 9.17) is 4.74 Å². The molecule has 0 spiro atoms. The minimum Gasteiger partial charge on any atom is -0.370 e. The Morgan fingerprint density at radius 3 is 3.00 bits per heavy atom. The highest BCUT2D eigenvalue weighted by Crippen LogP contribution is 2.47. The normalized spacial score (nSPS) is 51.4. The molecule has 0 bridgehead atoms. The van der Waals surface area contributed by atoms with Gasteiger partial charge in [0.2, 0.25) is 0 Å². The smallest absolute Gasteiger partial charge is 0.0802 e. The maximum Gasteiger partial charge on any atom is 0.0802 e. The van der Waals surface area contributed by atoms with E-state index in [0.717, 1.165) is 11.8 Å². The zero-order valence-electron chi connectivity index (χ0n) is 8.36. The summed E-state index contributed by atoms with van der Waals surface area (Å²) in [4.78, 5) is 0.658. The van der Waals surface area contributed by atoms with Crippen molar-refractivity contribution in [1.82, 2.24) is 0 Å². The van der Waals surface area contributed by atoms with Crippen LogP contribution in [0.5, 0.6) is 0 Å². The van der Waals surface area contributed by atoms with Crippen molar-refractivity contribution in [3.05, 3.63) is 12.2 Å². The van der Waals surface area contributed by atoms with E-state index in [0.29, 0.717) is 17.0 Å². The van der Waals surface area contributed by atoms with E-state index in [9.17, 15) is 0 Å². The monoisotopic (exact) mass is 256 g/mol. The maximum absolute atomic E-state index is 6.12. The van der Waals surface area contributed by atoms with Crippen LogP contribution in [-0.4, -0.2) is 17.0 Å². The first kappa shape index (κ1) is 9.41. The average molecular weight is 257 g/mol. The standard InChI is InChI=1S/C12H17BrO/c13-9-5-3-7-11-12(9)8-4-1-2-6-10(8)14-11/h3,7-12H,1-2,4-6H2. The summed E-state index contributed by atoms with van der Waals surface area (Å²) in [5, 5.41) is 0. The summed E-state index contributed by atoms with van der Waals surface area (Å²) >= 11 is 3.83. The molecule has 1 heterocycles. The zero-order chi connectivity index (χ0) is 9.54. The fourth-order valence-electron chi connectivity index (χ4n) is 3.42. The Hall–Kier alpha value is 0.180. The SMILES string of the molecule is BrC1CC=CC2OC3CCCCC3C12. The molecule has 0 aromatic rings. The van der Waals surface area contributed by atoms with Crippen LogP contribution in [0.25, 0.3) is 0 Å². The minimum atomic E-state index is 0.418. The van der Waals surface area contributed by atoms with Gasteiger partial charge in [0, 0.05) is 10.7 Å². The van der Waals surface area contributed by atoms with Gasteiger partial charge in [-0.3, -0.25) is 0 Å². The van der Waals surface area contributed by atoms with Gasteiger partial charge >= 0.3 is 0 Å². The number of rotatable bonds is 0. The molecule has 14 heavy (non-hydrogen) atoms. The first-order chi connectivity index (χ1) is 6.86. The number of ether oxygens (including phenoxy) is 1. The number of alkyl halides is 1. The first-order valence-electron chi connectivity index (χ1n) is 5.82. The van der Waals surface area contributed by atoms with E-state index in [2.05, 4.69) is 28.1 Å². The number of halogens is 1. The molecule has 2 aliphatic carbocycles. The van der Waals surface area contributed by atoms with E-state index >= 15 is 0 Å². The Morgan fingerprint density at radius 1 is 1.21 bits per heavy atom. The molecule has 1 saturated heterocycles. The van der Waals surface area contributed by atoms with Gasteiger partial charge in [-0.05, 0) is 25.2 Å². The van der Waals surface area contributed by atoms with Crippen molar-refractivity contribution in [2.45, 2.75) is 49.1 Å². The van der Waals surface area contributed by atoms with Crippen molar-refractivity contribution in [3.8, 4) is 0 Å². The molecule has 1 aliphatic heterocycles. The second kappa shape index (κ2) is 3.64. The van der Waals surface area contributed by atoms with Gasteiger partial charge in [0.1, 0.15) is 0 Å². The van der Waals surface area contributed by atoms with E-state index in [-0.39, 0.29) is 0 Å². The largest absolute Gasteiger partial charge is 0.370 e. The van der Waals surface area contributed by atoms with Gasteiger partial charge in [0.05, 0.1) is 12.2 Å². The van der Waals surface area contributed by atoms with Crippen molar-refractivity contribution < 1.29 is 4.74 Å². The van der Waals surface area contributed by atoms with Crippen LogP contribution >= 0.6 is 15.9 Å². The van der Waals surface area contributed by atoms with Crippen LogP contribution in [0.1, 0.15) is 32.1 Å². The Labute approximate surface area is 94.0 Å². The van der Waals surface area contributed by atoms with Crippen LogP contribution in [0.3, 0.4) is 0 Å². The number of fused-ring (bicyclic) bond motifs is 3. The van der Waals surface area contributed by atoms with Crippen LogP contribution in [-0.2, 0) is 4.74 Å². The van der Waals surface area contributed by atoms with Crippen LogP contribution in [0.4, 0.5) is 0 Å². The molecule has 1 saturated carbocycles. The highest BCUT2D eigenvalue weighted by atomic mass is 79.9. The molecule has 3 rings (SSSR count). The van der Waals surface area contributed by atoms with Gasteiger partial charge in [-0.25, -0.2) is 0 Å². The van der Waals surface area contributed by atoms with Gasteiger partial charge in [-0.2, -0.15) is 0 Å². The molecule has 0 aromatic heterocycles. The van der Waals surface area contributed by atoms with Gasteiger partial charge in [0.25, 0.3) is 0 Å². The Kier molecular flexibility index (Phi) is 2.45. The van der Waals surface area contributed by atoms with Gasteiger partial charge in [-0.1, -0.05) is 40.9 Å². The Morgan fingerprint density at radius 2 is 2.07 bits per heavy atom. The number of hydrogen-bond acceptors (Lipinski definition) is 1. The zero-order valence-corrected chi connectivity index (χ0v) is 9.95. The molecule has 0 N–H and O–H groups in total. The van der Waals surface area contributed by atoms with Gasteiger partial charge in [-0.15, -0.1) is 0 Å². The molecule has 1 nitrogen and oxygen atoms in total. The summed E-state index contributed by atoms with van der Waals surface area (Å²) in [6.45, 7) is 0. The quantitative estimate of drug-likeness (QED) is 0.478. The van der Waals surface area contributed by atoms with Crippen LogP contribution in [0.2, 0.25) is 0 Å². The molecule has 0 aromatic carbocycles. The Balaban J connectivity index is 1.85. The molecule has 2 heteroatoms. The molecule has 5 unspecified atom stereocenters. The molecule has 78 valence electrons. The lowest BCUT2D eigenvalue weighted by molar-refractivity contribution is 0.0364. The molecule has 5 atom stereocenters. The average Bonchev–Trinajstić information content (AvgIpc) is 2.57. The highest BCUT2D eigenvalue weighted by molar-refractivity contribution is 9.09. The lowest BCUT2D eigenvalue weighted by atomic mass is 9.75. The summed E-state index contributed by atoms with van der Waals surface area (Å²) in [6, 6.07) is 0. The topological polar surface area (TPSA) is 9.23 Å². The fraction of sp³-hybridized carbons (Fsp3) is 0.833. The predicted molar refractivity (Wildman–Crippen MR) is 60.6 cm³/mol. The molecular weight excluding hydrogens is 240 g/mol. The summed E-state index contributed by atoms with van der Waals surface area (Å²) < 4.78 is 6.12. The van der Waals surface area contributed by atoms with Crippen molar-refractivity contribution in [1.29, 1.82) is 0 Å². The van der Waals surface area contributed by atoms with Crippen molar-refractivity contribution in [2.24, 2.45) is 11.8 Å². The van der Waals surface area contributed by atoms with E-state index in [1.165, 1.54) is 32.1 Å². The third kappa shape index (κ3) is 1.38. The summed E-state index contributed by atoms with van der Waals surface area (Å²) in [6.07, 6.45) is 12.2. The van der Waals surface area contributed by atoms with Crippen LogP contribution < -0.4 is 0 Å². The van der Waals surface area contributed by atoms with Crippen LogP contribution in [0, 0.1) is 11.8 Å². The maximum atomic E-state index is 6.12. The van der Waals surface area contributed by atoms with E-state index in [1.807, 2.05) is 0 Å². The van der Waals surface area contributed by atoms with Crippen molar-refractivity contribution in [2.75, 3.05) is 0 Å². The second-order valence-electron chi connectivity index (χ2n) is 4.84. The van der Waals surface area contributed by atoms with Crippen molar-refractivity contribution in [3.63, 3.8) is 0 Å². The molecule has 0 amide bonds. The van der Waals surface area contributed by atoms with E-state index in [1.54, 1.807) is 0 Å². The summed E-state index contributed by atoms with van der Waals surface area (Å²) in [7, 11) is 0. The molecular formula is C12H17BrO. The lowest BCUT2D eigenvalue weighted by Gasteiger charge is -2.31. The summed E-state index contributed by atoms with van der Waals surface area (Å²) in [5.41, 5.74) is 0. The third-order valence-corrected chi connectivity index (χ3v) is 5.05. The Bertz CT molecular complexity index is 251. The second-order valence-corrected chi connectivity index (χ2v) is 6.02. The predicted octanol–water partition coefficient (Wildman–Crippen LogP) is 3.28. The van der Waals surface area contributed by atoms with Gasteiger partial charge < -0.3 is 4.74 Å². The van der Waals surface area contributed by atoms with Crippen molar-refractivity contribution >= 4 is 15.9 Å². The first-order valence-corrected chi connectivity index (χ1v) is 6.74. The lowest BCUT2D eigenvalue weighted by Crippen LogP contribution is -2.32. The molecule has 0 radical (unpaired) electrons. The fourth-order valence-corrected chi connectivity index (χ4v) is 4.33. The van der Waals surface area contributed by atoms with Crippen LogP contribution in [0.15, 0.2) is 12.2 Å². The third-order valence-electron chi connectivity index (χ3n) is 4.06.